The van der Waals surface area contributed by atoms with Gasteiger partial charge in [-0.05, 0) is 134 Å². The van der Waals surface area contributed by atoms with Crippen LogP contribution in [0.15, 0.2) is 258 Å². The van der Waals surface area contributed by atoms with Crippen molar-refractivity contribution in [3.8, 4) is 55.6 Å². The molecule has 0 unspecified atom stereocenters. The predicted octanol–water partition coefficient (Wildman–Crippen LogP) is 18.4. The van der Waals surface area contributed by atoms with Gasteiger partial charge in [-0.1, -0.05) is 176 Å². The van der Waals surface area contributed by atoms with E-state index in [1.54, 1.807) is 0 Å². The van der Waals surface area contributed by atoms with Crippen LogP contribution in [0.4, 0.5) is 17.1 Å². The third-order valence-electron chi connectivity index (χ3n) is 13.3. The molecule has 0 fully saturated rings. The van der Waals surface area contributed by atoms with Gasteiger partial charge in [0, 0.05) is 44.0 Å². The molecule has 13 aromatic rings. The fourth-order valence-electron chi connectivity index (χ4n) is 10.0. The molecule has 0 spiro atoms. The van der Waals surface area contributed by atoms with Gasteiger partial charge in [0.05, 0.1) is 0 Å². The van der Waals surface area contributed by atoms with Crippen LogP contribution >= 0.6 is 0 Å². The molecule has 11 aromatic carbocycles. The molecule has 3 heteroatoms. The van der Waals surface area contributed by atoms with E-state index in [9.17, 15) is 0 Å². The number of benzene rings is 11. The molecule has 0 radical (unpaired) electrons. The summed E-state index contributed by atoms with van der Waals surface area (Å²) >= 11 is 0. The second kappa shape index (κ2) is 16.0. The zero-order chi connectivity index (χ0) is 44.3. The van der Waals surface area contributed by atoms with Crippen LogP contribution in [0.5, 0.6) is 0 Å². The Morgan fingerprint density at radius 2 is 0.821 bits per heavy atom. The molecule has 2 heterocycles. The summed E-state index contributed by atoms with van der Waals surface area (Å²) in [6.07, 6.45) is 0. The van der Waals surface area contributed by atoms with Crippen LogP contribution in [0, 0.1) is 0 Å². The number of para-hydroxylation sites is 1. The van der Waals surface area contributed by atoms with Gasteiger partial charge in [-0.15, -0.1) is 0 Å². The summed E-state index contributed by atoms with van der Waals surface area (Å²) in [5.41, 5.74) is 18.4. The Bertz CT molecular complexity index is 3960. The minimum absolute atomic E-state index is 0.880. The lowest BCUT2D eigenvalue weighted by atomic mass is 9.91. The van der Waals surface area contributed by atoms with Gasteiger partial charge in [-0.25, -0.2) is 0 Å². The maximum atomic E-state index is 6.62. The highest BCUT2D eigenvalue weighted by atomic mass is 16.3. The van der Waals surface area contributed by atoms with Crippen LogP contribution in [0.25, 0.3) is 110 Å². The van der Waals surface area contributed by atoms with Gasteiger partial charge in [0.15, 0.2) is 0 Å². The van der Waals surface area contributed by atoms with E-state index in [2.05, 4.69) is 241 Å². The molecule has 2 aromatic heterocycles. The standard InChI is InChI=1S/C64H41NO2/c1-3-13-44(14-4-1)53-36-30-47(40-59(53)45-15-5-2-6-16-45)42-25-32-50(33-26-42)65(51-34-27-43(28-35-51)48-31-37-57-56-21-9-10-23-60(56)66-62(57)41-48)52-19-11-18-49(39-52)54-22-12-24-61-63(54)58-38-29-46-17-7-8-20-55(46)64(58)67-61/h1-41H. The molecule has 3 nitrogen and oxygen atoms in total. The quantitative estimate of drug-likeness (QED) is 0.152. The van der Waals surface area contributed by atoms with E-state index in [1.807, 2.05) is 12.1 Å². The maximum absolute atomic E-state index is 6.62. The highest BCUT2D eigenvalue weighted by molar-refractivity contribution is 6.19. The third-order valence-corrected chi connectivity index (χ3v) is 13.3. The Labute approximate surface area is 388 Å². The summed E-state index contributed by atoms with van der Waals surface area (Å²) in [6.45, 7) is 0. The second-order valence-electron chi connectivity index (χ2n) is 17.2. The zero-order valence-corrected chi connectivity index (χ0v) is 36.4. The monoisotopic (exact) mass is 855 g/mol. The molecule has 0 saturated carbocycles. The average molecular weight is 856 g/mol. The summed E-state index contributed by atoms with van der Waals surface area (Å²) in [6, 6.07) is 88.9. The Balaban J connectivity index is 0.918. The minimum atomic E-state index is 0.880. The zero-order valence-electron chi connectivity index (χ0n) is 36.4. The molecule has 0 bridgehead atoms. The number of rotatable bonds is 8. The minimum Gasteiger partial charge on any atom is -0.456 e. The van der Waals surface area contributed by atoms with Crippen molar-refractivity contribution in [2.24, 2.45) is 0 Å². The molecular weight excluding hydrogens is 815 g/mol. The van der Waals surface area contributed by atoms with Crippen LogP contribution < -0.4 is 4.90 Å². The fourth-order valence-corrected chi connectivity index (χ4v) is 10.0. The third kappa shape index (κ3) is 6.76. The van der Waals surface area contributed by atoms with Gasteiger partial charge < -0.3 is 13.7 Å². The molecule has 67 heavy (non-hydrogen) atoms. The van der Waals surface area contributed by atoms with E-state index in [0.717, 1.165) is 99.7 Å². The SMILES string of the molecule is c1ccc(-c2ccc(-c3ccc(N(c4ccc(-c5ccc6c(c5)oc5ccccc56)cc4)c4cccc(-c5cccc6oc7c8ccccc8ccc7c56)c4)cc3)cc2-c2ccccc2)cc1. The molecule has 13 rings (SSSR count). The summed E-state index contributed by atoms with van der Waals surface area (Å²) in [4.78, 5) is 2.36. The number of nitrogens with zero attached hydrogens (tertiary/aromatic N) is 1. The van der Waals surface area contributed by atoms with E-state index in [0.29, 0.717) is 0 Å². The van der Waals surface area contributed by atoms with E-state index in [1.165, 1.54) is 27.6 Å². The van der Waals surface area contributed by atoms with Crippen molar-refractivity contribution in [3.05, 3.63) is 249 Å². The summed E-state index contributed by atoms with van der Waals surface area (Å²) in [5.74, 6) is 0. The predicted molar refractivity (Wildman–Crippen MR) is 280 cm³/mol. The Morgan fingerprint density at radius 1 is 0.254 bits per heavy atom. The van der Waals surface area contributed by atoms with E-state index >= 15 is 0 Å². The molecule has 0 atom stereocenters. The summed E-state index contributed by atoms with van der Waals surface area (Å²) in [5, 5.41) is 6.79. The van der Waals surface area contributed by atoms with E-state index < -0.39 is 0 Å². The number of fused-ring (bicyclic) bond motifs is 8. The van der Waals surface area contributed by atoms with Gasteiger partial charge in [0.25, 0.3) is 0 Å². The van der Waals surface area contributed by atoms with Crippen LogP contribution in [0.3, 0.4) is 0 Å². The first-order valence-electron chi connectivity index (χ1n) is 22.8. The smallest absolute Gasteiger partial charge is 0.143 e. The Kier molecular flexibility index (Phi) is 9.17. The van der Waals surface area contributed by atoms with Crippen molar-refractivity contribution < 1.29 is 8.83 Å². The topological polar surface area (TPSA) is 29.5 Å². The first-order chi connectivity index (χ1) is 33.2. The maximum Gasteiger partial charge on any atom is 0.143 e. The van der Waals surface area contributed by atoms with Crippen LogP contribution in [-0.2, 0) is 0 Å². The lowest BCUT2D eigenvalue weighted by Gasteiger charge is -2.26. The highest BCUT2D eigenvalue weighted by Gasteiger charge is 2.19. The van der Waals surface area contributed by atoms with Gasteiger partial charge in [0.2, 0.25) is 0 Å². The molecule has 0 saturated heterocycles. The van der Waals surface area contributed by atoms with Gasteiger partial charge >= 0.3 is 0 Å². The highest BCUT2D eigenvalue weighted by Crippen LogP contribution is 2.44. The largest absolute Gasteiger partial charge is 0.456 e. The number of hydrogen-bond acceptors (Lipinski definition) is 3. The van der Waals surface area contributed by atoms with Crippen molar-refractivity contribution in [1.29, 1.82) is 0 Å². The van der Waals surface area contributed by atoms with Crippen molar-refractivity contribution >= 4 is 71.7 Å². The molecule has 0 N–H and O–H groups in total. The number of furan rings is 2. The van der Waals surface area contributed by atoms with Crippen LogP contribution in [0.1, 0.15) is 0 Å². The van der Waals surface area contributed by atoms with E-state index in [-0.39, 0.29) is 0 Å². The van der Waals surface area contributed by atoms with Crippen LogP contribution in [0.2, 0.25) is 0 Å². The molecule has 0 amide bonds. The Hall–Kier alpha value is -8.92. The lowest BCUT2D eigenvalue weighted by molar-refractivity contribution is 0.669. The van der Waals surface area contributed by atoms with Gasteiger partial charge in [-0.2, -0.15) is 0 Å². The normalized spacial score (nSPS) is 11.6. The number of hydrogen-bond donors (Lipinski definition) is 0. The van der Waals surface area contributed by atoms with Crippen molar-refractivity contribution in [1.82, 2.24) is 0 Å². The van der Waals surface area contributed by atoms with Crippen molar-refractivity contribution in [3.63, 3.8) is 0 Å². The molecular formula is C64H41NO2. The summed E-state index contributed by atoms with van der Waals surface area (Å²) < 4.78 is 12.9. The molecule has 0 aliphatic rings. The molecule has 0 aliphatic carbocycles. The Morgan fingerprint density at radius 3 is 1.58 bits per heavy atom. The van der Waals surface area contributed by atoms with Crippen molar-refractivity contribution in [2.75, 3.05) is 4.90 Å². The van der Waals surface area contributed by atoms with Gasteiger partial charge in [0.1, 0.15) is 22.3 Å². The number of anilines is 3. The molecule has 314 valence electrons. The average Bonchev–Trinajstić information content (AvgIpc) is 3.98. The first kappa shape index (κ1) is 38.5. The lowest BCUT2D eigenvalue weighted by Crippen LogP contribution is -2.10. The van der Waals surface area contributed by atoms with Crippen LogP contribution in [-0.4, -0.2) is 0 Å². The van der Waals surface area contributed by atoms with E-state index in [4.69, 9.17) is 8.83 Å². The fraction of sp³-hybridized carbons (Fsp3) is 0. The van der Waals surface area contributed by atoms with Crippen molar-refractivity contribution in [2.45, 2.75) is 0 Å². The first-order valence-corrected chi connectivity index (χ1v) is 22.8. The summed E-state index contributed by atoms with van der Waals surface area (Å²) in [7, 11) is 0. The van der Waals surface area contributed by atoms with Gasteiger partial charge in [-0.3, -0.25) is 0 Å². The molecule has 0 aliphatic heterocycles. The second-order valence-corrected chi connectivity index (χ2v) is 17.2.